The predicted octanol–water partition coefficient (Wildman–Crippen LogP) is 6.42. The summed E-state index contributed by atoms with van der Waals surface area (Å²) >= 11 is 0. The average molecular weight is 411 g/mol. The highest BCUT2D eigenvalue weighted by atomic mass is 16.6. The van der Waals surface area contributed by atoms with Crippen LogP contribution < -0.4 is 0 Å². The Morgan fingerprint density at radius 3 is 2.80 bits per heavy atom. The molecule has 3 rings (SSSR count). The van der Waals surface area contributed by atoms with Gasteiger partial charge in [0, 0.05) is 6.42 Å². The zero-order valence-electron chi connectivity index (χ0n) is 17.9. The molecule has 0 bridgehead atoms. The maximum atomic E-state index is 11.5. The molecule has 0 spiro atoms. The maximum absolute atomic E-state index is 11.5. The summed E-state index contributed by atoms with van der Waals surface area (Å²) in [5.41, 5.74) is 4.00. The van der Waals surface area contributed by atoms with Crippen LogP contribution in [0.25, 0.3) is 0 Å². The van der Waals surface area contributed by atoms with Crippen LogP contribution in [0.3, 0.4) is 0 Å². The second-order valence-corrected chi connectivity index (χ2v) is 8.08. The molecule has 1 aliphatic heterocycles. The molecule has 0 radical (unpaired) electrons. The first-order chi connectivity index (χ1) is 14.4. The molecule has 1 aliphatic rings. The Morgan fingerprint density at radius 2 is 2.10 bits per heavy atom. The summed E-state index contributed by atoms with van der Waals surface area (Å²) in [7, 11) is 0. The number of ether oxygens (including phenoxy) is 1. The van der Waals surface area contributed by atoms with E-state index in [1.54, 1.807) is 19.5 Å². The first kappa shape index (κ1) is 21.8. The number of hydrogen-bond acceptors (Lipinski definition) is 5. The molecular weight excluding hydrogens is 380 g/mol. The van der Waals surface area contributed by atoms with Crippen molar-refractivity contribution in [2.45, 2.75) is 59.3 Å². The van der Waals surface area contributed by atoms with Crippen LogP contribution in [-0.4, -0.2) is 11.1 Å². The van der Waals surface area contributed by atoms with E-state index in [1.807, 2.05) is 18.4 Å². The topological polar surface area (TPSA) is 72.8 Å². The van der Waals surface area contributed by atoms with Crippen LogP contribution in [0.2, 0.25) is 0 Å². The van der Waals surface area contributed by atoms with Gasteiger partial charge in [0.1, 0.15) is 5.76 Å². The summed E-state index contributed by atoms with van der Waals surface area (Å²) in [6, 6.07) is 4.08. The number of esters is 1. The molecule has 5 nitrogen and oxygen atoms in total. The Labute approximate surface area is 177 Å². The molecule has 1 atom stereocenters. The van der Waals surface area contributed by atoms with E-state index in [1.165, 1.54) is 11.1 Å². The zero-order chi connectivity index (χ0) is 21.5. The third-order valence-corrected chi connectivity index (χ3v) is 5.35. The number of carbonyl (C=O) groups is 1. The largest absolute Gasteiger partial charge is 0.504 e. The monoisotopic (exact) mass is 410 g/mol. The lowest BCUT2D eigenvalue weighted by molar-refractivity contribution is -0.133. The molecule has 5 heteroatoms. The predicted molar refractivity (Wildman–Crippen MR) is 115 cm³/mol. The number of aliphatic hydroxyl groups excluding tert-OH is 1. The maximum Gasteiger partial charge on any atom is 0.343 e. The molecule has 0 saturated heterocycles. The van der Waals surface area contributed by atoms with Gasteiger partial charge in [-0.15, -0.1) is 0 Å². The molecule has 2 aromatic rings. The van der Waals surface area contributed by atoms with Crippen molar-refractivity contribution >= 4 is 5.97 Å². The molecular formula is C25H30O5. The minimum absolute atomic E-state index is 0.0363. The lowest BCUT2D eigenvalue weighted by atomic mass is 10.0. The highest BCUT2D eigenvalue weighted by Gasteiger charge is 2.26. The average Bonchev–Trinajstić information content (AvgIpc) is 3.43. The molecule has 2 aromatic heterocycles. The Hall–Kier alpha value is -2.95. The van der Waals surface area contributed by atoms with Gasteiger partial charge in [0.25, 0.3) is 0 Å². The molecule has 0 saturated carbocycles. The van der Waals surface area contributed by atoms with E-state index in [2.05, 4.69) is 26.0 Å². The van der Waals surface area contributed by atoms with E-state index in [-0.39, 0.29) is 23.0 Å². The van der Waals surface area contributed by atoms with Gasteiger partial charge in [-0.3, -0.25) is 0 Å². The standard InChI is InChI=1S/C25H30O5/c1-17(6-4-8-18(2)12-23-24(26)19(3)25(27)30-23)7-5-9-20-13-22(29-16-20)14-21-10-11-28-15-21/h6,10-13,15-16,18,26H,4-5,7-9,14H2,1-3H3/b17-6-,23-12+/t18-/m1/s1. The van der Waals surface area contributed by atoms with Crippen LogP contribution in [0.5, 0.6) is 0 Å². The summed E-state index contributed by atoms with van der Waals surface area (Å²) in [5, 5.41) is 9.89. The minimum atomic E-state index is -0.465. The number of carbonyl (C=O) groups excluding carboxylic acids is 1. The first-order valence-corrected chi connectivity index (χ1v) is 10.5. The van der Waals surface area contributed by atoms with Crippen LogP contribution in [0.4, 0.5) is 0 Å². The highest BCUT2D eigenvalue weighted by Crippen LogP contribution is 2.26. The van der Waals surface area contributed by atoms with Crippen molar-refractivity contribution in [2.24, 2.45) is 5.92 Å². The number of cyclic esters (lactones) is 1. The van der Waals surface area contributed by atoms with E-state index in [4.69, 9.17) is 13.6 Å². The second kappa shape index (κ2) is 10.2. The molecule has 0 fully saturated rings. The van der Waals surface area contributed by atoms with E-state index >= 15 is 0 Å². The van der Waals surface area contributed by atoms with E-state index in [9.17, 15) is 9.90 Å². The Balaban J connectivity index is 1.37. The van der Waals surface area contributed by atoms with E-state index < -0.39 is 5.97 Å². The number of aryl methyl sites for hydroxylation is 1. The summed E-state index contributed by atoms with van der Waals surface area (Å²) < 4.78 is 15.8. The van der Waals surface area contributed by atoms with Crippen LogP contribution in [0, 0.1) is 5.92 Å². The number of rotatable bonds is 10. The van der Waals surface area contributed by atoms with E-state index in [0.29, 0.717) is 0 Å². The van der Waals surface area contributed by atoms with Gasteiger partial charge in [0.05, 0.1) is 24.4 Å². The van der Waals surface area contributed by atoms with Gasteiger partial charge in [0.2, 0.25) is 0 Å². The summed E-state index contributed by atoms with van der Waals surface area (Å²) in [6.45, 7) is 5.80. The van der Waals surface area contributed by atoms with Crippen molar-refractivity contribution in [3.05, 3.63) is 82.6 Å². The lowest BCUT2D eigenvalue weighted by Gasteiger charge is -2.07. The Morgan fingerprint density at radius 1 is 1.27 bits per heavy atom. The van der Waals surface area contributed by atoms with Gasteiger partial charge < -0.3 is 18.7 Å². The van der Waals surface area contributed by atoms with Crippen LogP contribution in [0.15, 0.2) is 74.6 Å². The Kier molecular flexibility index (Phi) is 7.39. The molecule has 0 aliphatic carbocycles. The quantitative estimate of drug-likeness (QED) is 0.361. The number of aliphatic hydroxyl groups is 1. The third kappa shape index (κ3) is 6.02. The van der Waals surface area contributed by atoms with Gasteiger partial charge in [0.15, 0.2) is 11.5 Å². The van der Waals surface area contributed by atoms with Crippen LogP contribution >= 0.6 is 0 Å². The van der Waals surface area contributed by atoms with Gasteiger partial charge in [-0.05, 0) is 81.2 Å². The van der Waals surface area contributed by atoms with Gasteiger partial charge in [-0.2, -0.15) is 0 Å². The molecule has 0 unspecified atom stereocenters. The number of furan rings is 2. The zero-order valence-corrected chi connectivity index (χ0v) is 17.9. The molecule has 3 heterocycles. The molecule has 0 aromatic carbocycles. The van der Waals surface area contributed by atoms with Gasteiger partial charge in [-0.1, -0.05) is 18.6 Å². The normalized spacial score (nSPS) is 17.1. The number of hydrogen-bond donors (Lipinski definition) is 1. The highest BCUT2D eigenvalue weighted by molar-refractivity contribution is 5.93. The van der Waals surface area contributed by atoms with Crippen LogP contribution in [0.1, 0.15) is 63.3 Å². The second-order valence-electron chi connectivity index (χ2n) is 8.08. The van der Waals surface area contributed by atoms with Crippen molar-refractivity contribution in [3.63, 3.8) is 0 Å². The van der Waals surface area contributed by atoms with Crippen molar-refractivity contribution < 1.29 is 23.5 Å². The minimum Gasteiger partial charge on any atom is -0.504 e. The van der Waals surface area contributed by atoms with Crippen molar-refractivity contribution in [3.8, 4) is 0 Å². The van der Waals surface area contributed by atoms with Crippen molar-refractivity contribution in [1.82, 2.24) is 0 Å². The lowest BCUT2D eigenvalue weighted by Crippen LogP contribution is -1.97. The molecule has 30 heavy (non-hydrogen) atoms. The molecule has 0 amide bonds. The molecule has 1 N–H and O–H groups in total. The fraction of sp³-hybridized carbons (Fsp3) is 0.400. The van der Waals surface area contributed by atoms with Crippen molar-refractivity contribution in [1.29, 1.82) is 0 Å². The summed E-state index contributed by atoms with van der Waals surface area (Å²) in [6.07, 6.45) is 15.2. The van der Waals surface area contributed by atoms with Gasteiger partial charge in [-0.25, -0.2) is 4.79 Å². The fourth-order valence-electron chi connectivity index (χ4n) is 3.47. The smallest absolute Gasteiger partial charge is 0.343 e. The first-order valence-electron chi connectivity index (χ1n) is 10.5. The van der Waals surface area contributed by atoms with Gasteiger partial charge >= 0.3 is 5.97 Å². The summed E-state index contributed by atoms with van der Waals surface area (Å²) in [4.78, 5) is 11.5. The Bertz CT molecular complexity index is 940. The van der Waals surface area contributed by atoms with E-state index in [0.717, 1.165) is 49.8 Å². The van der Waals surface area contributed by atoms with Crippen molar-refractivity contribution in [2.75, 3.05) is 0 Å². The number of allylic oxidation sites excluding steroid dienone is 3. The fourth-order valence-corrected chi connectivity index (χ4v) is 3.47. The van der Waals surface area contributed by atoms with Crippen LogP contribution in [-0.2, 0) is 22.4 Å². The molecule has 160 valence electrons. The SMILES string of the molecule is CC1=C(O)/C(=C\[C@H](C)CC/C=C(/C)CCCc2coc(Cc3ccoc3)c2)OC1=O. The summed E-state index contributed by atoms with van der Waals surface area (Å²) in [5.74, 6) is 0.965. The third-order valence-electron chi connectivity index (χ3n) is 5.35.